The molecule has 0 spiro atoms. The van der Waals surface area contributed by atoms with Crippen LogP contribution < -0.4 is 14.8 Å². The molecular formula is C31H30N2O4. The van der Waals surface area contributed by atoms with E-state index in [0.717, 1.165) is 27.5 Å². The number of fused-ring (bicyclic) bond motifs is 2. The molecule has 4 aromatic rings. The topological polar surface area (TPSA) is 67.9 Å². The van der Waals surface area contributed by atoms with Crippen LogP contribution in [0.1, 0.15) is 39.5 Å². The Labute approximate surface area is 216 Å². The van der Waals surface area contributed by atoms with E-state index in [1.807, 2.05) is 89.8 Å². The first-order chi connectivity index (χ1) is 18.1. The van der Waals surface area contributed by atoms with Gasteiger partial charge in [-0.3, -0.25) is 9.59 Å². The maximum absolute atomic E-state index is 13.5. The summed E-state index contributed by atoms with van der Waals surface area (Å²) in [5.74, 6) is 1.13. The van der Waals surface area contributed by atoms with E-state index in [9.17, 15) is 9.59 Å². The van der Waals surface area contributed by atoms with E-state index in [4.69, 9.17) is 9.47 Å². The molecule has 0 aliphatic carbocycles. The van der Waals surface area contributed by atoms with Crippen LogP contribution in [0, 0.1) is 0 Å². The van der Waals surface area contributed by atoms with Crippen molar-refractivity contribution in [3.63, 3.8) is 0 Å². The van der Waals surface area contributed by atoms with E-state index < -0.39 is 0 Å². The fourth-order valence-corrected chi connectivity index (χ4v) is 5.07. The molecule has 5 rings (SSSR count). The molecule has 6 nitrogen and oxygen atoms in total. The zero-order valence-corrected chi connectivity index (χ0v) is 21.1. The summed E-state index contributed by atoms with van der Waals surface area (Å²) in [6, 6.07) is 27.3. The van der Waals surface area contributed by atoms with Crippen molar-refractivity contribution in [1.29, 1.82) is 0 Å². The Hall–Kier alpha value is -4.32. The molecule has 1 N–H and O–H groups in total. The van der Waals surface area contributed by atoms with Gasteiger partial charge in [-0.1, -0.05) is 60.7 Å². The van der Waals surface area contributed by atoms with Crippen LogP contribution in [0.4, 0.5) is 0 Å². The third-order valence-corrected chi connectivity index (χ3v) is 6.95. The second kappa shape index (κ2) is 10.7. The van der Waals surface area contributed by atoms with Crippen LogP contribution in [-0.2, 0) is 11.2 Å². The molecule has 1 aliphatic rings. The van der Waals surface area contributed by atoms with Gasteiger partial charge in [-0.15, -0.1) is 0 Å². The Morgan fingerprint density at radius 2 is 1.57 bits per heavy atom. The van der Waals surface area contributed by atoms with E-state index in [1.165, 1.54) is 0 Å². The first kappa shape index (κ1) is 24.4. The van der Waals surface area contributed by atoms with Crippen molar-refractivity contribution in [2.24, 2.45) is 0 Å². The Balaban J connectivity index is 1.33. The minimum absolute atomic E-state index is 0.00639. The van der Waals surface area contributed by atoms with Crippen LogP contribution in [0.3, 0.4) is 0 Å². The molecule has 0 saturated heterocycles. The Morgan fingerprint density at radius 1 is 0.865 bits per heavy atom. The quantitative estimate of drug-likeness (QED) is 0.386. The van der Waals surface area contributed by atoms with Crippen molar-refractivity contribution >= 4 is 22.6 Å². The largest absolute Gasteiger partial charge is 0.493 e. The van der Waals surface area contributed by atoms with Gasteiger partial charge in [0.1, 0.15) is 0 Å². The molecule has 1 aliphatic heterocycles. The highest BCUT2D eigenvalue weighted by molar-refractivity contribution is 5.98. The summed E-state index contributed by atoms with van der Waals surface area (Å²) in [6.07, 6.45) is 0.930. The van der Waals surface area contributed by atoms with Gasteiger partial charge < -0.3 is 19.7 Å². The molecule has 37 heavy (non-hydrogen) atoms. The lowest BCUT2D eigenvalue weighted by Gasteiger charge is -2.38. The number of carbonyl (C=O) groups excluding carboxylic acids is 2. The van der Waals surface area contributed by atoms with E-state index in [2.05, 4.69) is 5.32 Å². The molecule has 2 amide bonds. The number of rotatable bonds is 7. The summed E-state index contributed by atoms with van der Waals surface area (Å²) in [7, 11) is 3.25. The lowest BCUT2D eigenvalue weighted by molar-refractivity contribution is -0.133. The lowest BCUT2D eigenvalue weighted by atomic mass is 9.87. The number of benzene rings is 4. The number of nitrogens with one attached hydrogen (secondary N) is 1. The second-order valence-electron chi connectivity index (χ2n) is 9.12. The first-order valence-corrected chi connectivity index (χ1v) is 12.4. The van der Waals surface area contributed by atoms with Crippen LogP contribution in [-0.4, -0.2) is 44.0 Å². The standard InChI is InChI=1S/C31H30N2O4/c1-36-27-19-24-15-17-33(30(22-9-4-3-5-10-22)26(24)20-28(27)37-2)29(34)14-16-32-31(35)25-13-12-21-8-6-7-11-23(21)18-25/h3-13,18-20,30H,14-17H2,1-2H3,(H,32,35). The van der Waals surface area contributed by atoms with Gasteiger partial charge in [0, 0.05) is 25.1 Å². The Kier molecular flexibility index (Phi) is 7.08. The predicted molar refractivity (Wildman–Crippen MR) is 144 cm³/mol. The molecule has 0 fully saturated rings. The molecule has 1 atom stereocenters. The summed E-state index contributed by atoms with van der Waals surface area (Å²) in [5.41, 5.74) is 3.79. The zero-order chi connectivity index (χ0) is 25.8. The third kappa shape index (κ3) is 5.00. The number of amides is 2. The van der Waals surface area contributed by atoms with Gasteiger partial charge in [-0.2, -0.15) is 0 Å². The molecule has 0 aromatic heterocycles. The van der Waals surface area contributed by atoms with Crippen LogP contribution in [0.5, 0.6) is 11.5 Å². The van der Waals surface area contributed by atoms with E-state index in [1.54, 1.807) is 14.2 Å². The maximum atomic E-state index is 13.5. The SMILES string of the molecule is COc1cc2c(cc1OC)C(c1ccccc1)N(C(=O)CCNC(=O)c1ccc3ccccc3c1)CC2. The van der Waals surface area contributed by atoms with Gasteiger partial charge >= 0.3 is 0 Å². The van der Waals surface area contributed by atoms with Crippen LogP contribution in [0.25, 0.3) is 10.8 Å². The van der Waals surface area contributed by atoms with Crippen LogP contribution in [0.15, 0.2) is 84.9 Å². The highest BCUT2D eigenvalue weighted by atomic mass is 16.5. The van der Waals surface area contributed by atoms with Crippen molar-refractivity contribution < 1.29 is 19.1 Å². The molecule has 188 valence electrons. The van der Waals surface area contributed by atoms with Crippen LogP contribution >= 0.6 is 0 Å². The van der Waals surface area contributed by atoms with Crippen molar-refractivity contribution in [3.8, 4) is 11.5 Å². The fourth-order valence-electron chi connectivity index (χ4n) is 5.07. The predicted octanol–water partition coefficient (Wildman–Crippen LogP) is 5.15. The van der Waals surface area contributed by atoms with E-state index in [-0.39, 0.29) is 30.8 Å². The fraction of sp³-hybridized carbons (Fsp3) is 0.226. The van der Waals surface area contributed by atoms with Gasteiger partial charge in [0.05, 0.1) is 20.3 Å². The van der Waals surface area contributed by atoms with Gasteiger partial charge in [-0.05, 0) is 58.1 Å². The number of hydrogen-bond acceptors (Lipinski definition) is 4. The smallest absolute Gasteiger partial charge is 0.251 e. The van der Waals surface area contributed by atoms with Crippen LogP contribution in [0.2, 0.25) is 0 Å². The molecule has 1 unspecified atom stereocenters. The number of ether oxygens (including phenoxy) is 2. The van der Waals surface area contributed by atoms with Crippen molar-refractivity contribution in [1.82, 2.24) is 10.2 Å². The number of nitrogens with zero attached hydrogens (tertiary/aromatic N) is 1. The molecular weight excluding hydrogens is 464 g/mol. The minimum Gasteiger partial charge on any atom is -0.493 e. The summed E-state index contributed by atoms with van der Waals surface area (Å²) in [4.78, 5) is 28.2. The lowest BCUT2D eigenvalue weighted by Crippen LogP contribution is -2.42. The highest BCUT2D eigenvalue weighted by Crippen LogP contribution is 2.41. The van der Waals surface area contributed by atoms with E-state index in [0.29, 0.717) is 30.0 Å². The van der Waals surface area contributed by atoms with Crippen molar-refractivity contribution in [2.45, 2.75) is 18.9 Å². The third-order valence-electron chi connectivity index (χ3n) is 6.95. The molecule has 0 radical (unpaired) electrons. The number of hydrogen-bond donors (Lipinski definition) is 1. The molecule has 4 aromatic carbocycles. The molecule has 1 heterocycles. The average molecular weight is 495 g/mol. The monoisotopic (exact) mass is 494 g/mol. The molecule has 6 heteroatoms. The second-order valence-corrected chi connectivity index (χ2v) is 9.12. The van der Waals surface area contributed by atoms with E-state index >= 15 is 0 Å². The maximum Gasteiger partial charge on any atom is 0.251 e. The first-order valence-electron chi connectivity index (χ1n) is 12.4. The highest BCUT2D eigenvalue weighted by Gasteiger charge is 2.33. The van der Waals surface area contributed by atoms with Crippen molar-refractivity contribution in [3.05, 3.63) is 107 Å². The summed E-state index contributed by atoms with van der Waals surface area (Å²) in [5, 5.41) is 5.01. The number of methoxy groups -OCH3 is 2. The van der Waals surface area contributed by atoms with Gasteiger partial charge in [0.15, 0.2) is 11.5 Å². The Morgan fingerprint density at radius 3 is 2.32 bits per heavy atom. The Bertz CT molecular complexity index is 1430. The summed E-state index contributed by atoms with van der Waals surface area (Å²) < 4.78 is 11.1. The van der Waals surface area contributed by atoms with Gasteiger partial charge in [0.2, 0.25) is 5.91 Å². The summed E-state index contributed by atoms with van der Waals surface area (Å²) >= 11 is 0. The average Bonchev–Trinajstić information content (AvgIpc) is 2.95. The van der Waals surface area contributed by atoms with Crippen molar-refractivity contribution in [2.75, 3.05) is 27.3 Å². The number of carbonyl (C=O) groups is 2. The minimum atomic E-state index is -0.242. The molecule has 0 bridgehead atoms. The summed E-state index contributed by atoms with van der Waals surface area (Å²) in [6.45, 7) is 0.848. The normalized spacial score (nSPS) is 14.6. The van der Waals surface area contributed by atoms with Gasteiger partial charge in [-0.25, -0.2) is 0 Å². The molecule has 0 saturated carbocycles. The zero-order valence-electron chi connectivity index (χ0n) is 21.1. The van der Waals surface area contributed by atoms with Gasteiger partial charge in [0.25, 0.3) is 5.91 Å².